The van der Waals surface area contributed by atoms with E-state index in [9.17, 15) is 14.4 Å². The van der Waals surface area contributed by atoms with Crippen molar-refractivity contribution in [2.45, 2.75) is 32.0 Å². The number of fused-ring (bicyclic) bond motifs is 1. The summed E-state index contributed by atoms with van der Waals surface area (Å²) in [6, 6.07) is 22.1. The maximum Gasteiger partial charge on any atom is 0.268 e. The van der Waals surface area contributed by atoms with E-state index in [2.05, 4.69) is 20.7 Å². The summed E-state index contributed by atoms with van der Waals surface area (Å²) in [6.45, 7) is 3.28. The van der Waals surface area contributed by atoms with Crippen molar-refractivity contribution < 1.29 is 18.8 Å². The van der Waals surface area contributed by atoms with Crippen LogP contribution in [0.5, 0.6) is 0 Å². The van der Waals surface area contributed by atoms with Gasteiger partial charge in [0.15, 0.2) is 5.58 Å². The topological polar surface area (TPSA) is 119 Å². The van der Waals surface area contributed by atoms with E-state index in [4.69, 9.17) is 16.0 Å². The molecule has 202 valence electrons. The molecule has 5 rings (SSSR count). The first-order valence-electron chi connectivity index (χ1n) is 12.7. The van der Waals surface area contributed by atoms with Gasteiger partial charge in [0.1, 0.15) is 5.52 Å². The largest absolute Gasteiger partial charge is 0.434 e. The lowest BCUT2D eigenvalue weighted by Crippen LogP contribution is -2.60. The van der Waals surface area contributed by atoms with Gasteiger partial charge in [0.2, 0.25) is 11.4 Å². The van der Waals surface area contributed by atoms with Crippen molar-refractivity contribution in [2.75, 3.05) is 0 Å². The smallest absolute Gasteiger partial charge is 0.268 e. The molecule has 2 atom stereocenters. The molecule has 0 saturated heterocycles. The predicted octanol–water partition coefficient (Wildman–Crippen LogP) is 5.23. The molecule has 0 fully saturated rings. The molecule has 2 amide bonds. The predicted molar refractivity (Wildman–Crippen MR) is 151 cm³/mol. The van der Waals surface area contributed by atoms with Gasteiger partial charge in [0, 0.05) is 23.0 Å². The number of carbonyl (C=O) groups excluding carboxylic acids is 3. The Hall–Kier alpha value is -4.76. The van der Waals surface area contributed by atoms with E-state index in [-0.39, 0.29) is 12.3 Å². The molecule has 2 N–H and O–H groups in total. The van der Waals surface area contributed by atoms with E-state index in [0.717, 1.165) is 11.1 Å². The number of oxazole rings is 1. The molecule has 9 nitrogen and oxygen atoms in total. The summed E-state index contributed by atoms with van der Waals surface area (Å²) in [7, 11) is 0. The Morgan fingerprint density at radius 3 is 2.45 bits per heavy atom. The lowest BCUT2D eigenvalue weighted by Gasteiger charge is -2.31. The molecule has 0 radical (unpaired) electrons. The van der Waals surface area contributed by atoms with Gasteiger partial charge in [-0.2, -0.15) is 5.10 Å². The Morgan fingerprint density at radius 2 is 1.77 bits per heavy atom. The van der Waals surface area contributed by atoms with E-state index >= 15 is 0 Å². The number of para-hydroxylation sites is 2. The summed E-state index contributed by atoms with van der Waals surface area (Å²) < 4.78 is 6.95. The average Bonchev–Trinajstić information content (AvgIpc) is 3.66. The van der Waals surface area contributed by atoms with E-state index in [1.807, 2.05) is 18.2 Å². The summed E-state index contributed by atoms with van der Waals surface area (Å²) in [5.41, 5.74) is 1.50. The fraction of sp³-hybridized carbons (Fsp3) is 0.167. The highest BCUT2D eigenvalue weighted by Crippen LogP contribution is 2.24. The molecule has 2 aromatic heterocycles. The van der Waals surface area contributed by atoms with E-state index in [0.29, 0.717) is 21.7 Å². The van der Waals surface area contributed by atoms with Crippen molar-refractivity contribution in [3.8, 4) is 11.1 Å². The number of nitrogens with one attached hydrogen (secondary N) is 2. The second kappa shape index (κ2) is 11.2. The van der Waals surface area contributed by atoms with Crippen LogP contribution < -0.4 is 10.6 Å². The van der Waals surface area contributed by atoms with Crippen molar-refractivity contribution in [3.05, 3.63) is 108 Å². The molecule has 0 unspecified atom stereocenters. The van der Waals surface area contributed by atoms with Crippen LogP contribution in [0.25, 0.3) is 22.2 Å². The molecule has 0 spiro atoms. The number of hydrogen-bond acceptors (Lipinski definition) is 6. The van der Waals surface area contributed by atoms with Gasteiger partial charge in [-0.25, -0.2) is 9.67 Å². The maximum absolute atomic E-state index is 13.7. The zero-order valence-electron chi connectivity index (χ0n) is 21.8. The molecule has 0 saturated carbocycles. The molecular formula is C30H26ClN5O4. The first-order valence-corrected chi connectivity index (χ1v) is 13.1. The minimum atomic E-state index is -1.65. The van der Waals surface area contributed by atoms with Crippen LogP contribution in [-0.4, -0.2) is 38.4 Å². The van der Waals surface area contributed by atoms with Crippen LogP contribution in [0.1, 0.15) is 41.3 Å². The molecule has 40 heavy (non-hydrogen) atoms. The second-order valence-corrected chi connectivity index (χ2v) is 9.79. The number of amides is 2. The molecule has 2 heterocycles. The third-order valence-corrected chi connectivity index (χ3v) is 6.84. The Bertz CT molecular complexity index is 1650. The zero-order chi connectivity index (χ0) is 28.3. The second-order valence-electron chi connectivity index (χ2n) is 9.35. The van der Waals surface area contributed by atoms with Gasteiger partial charge in [0.05, 0.1) is 6.04 Å². The highest BCUT2D eigenvalue weighted by Gasteiger charge is 2.40. The van der Waals surface area contributed by atoms with Gasteiger partial charge >= 0.3 is 0 Å². The summed E-state index contributed by atoms with van der Waals surface area (Å²) in [4.78, 5) is 44.5. The van der Waals surface area contributed by atoms with Crippen LogP contribution in [0.3, 0.4) is 0 Å². The number of rotatable bonds is 9. The fourth-order valence-corrected chi connectivity index (χ4v) is 4.50. The van der Waals surface area contributed by atoms with Gasteiger partial charge in [-0.3, -0.25) is 14.4 Å². The lowest BCUT2D eigenvalue weighted by molar-refractivity contribution is -0.131. The van der Waals surface area contributed by atoms with Crippen molar-refractivity contribution in [1.82, 2.24) is 25.4 Å². The van der Waals surface area contributed by atoms with Crippen molar-refractivity contribution in [2.24, 2.45) is 0 Å². The monoisotopic (exact) mass is 555 g/mol. The number of Topliss-reactive ketones (excluding diaryl/α,β-unsaturated/α-hetero) is 1. The number of halogens is 1. The minimum absolute atomic E-state index is 0.0991. The average molecular weight is 556 g/mol. The molecule has 0 aliphatic heterocycles. The summed E-state index contributed by atoms with van der Waals surface area (Å²) in [6.07, 6.45) is 3.33. The summed E-state index contributed by atoms with van der Waals surface area (Å²) in [5.74, 6) is -1.70. The molecule has 5 aromatic rings. The maximum atomic E-state index is 13.7. The van der Waals surface area contributed by atoms with Crippen LogP contribution in [0.15, 0.2) is 95.7 Å². The molecule has 0 aliphatic rings. The molecule has 10 heteroatoms. The van der Waals surface area contributed by atoms with Crippen LogP contribution in [-0.2, 0) is 10.5 Å². The first kappa shape index (κ1) is 26.8. The zero-order valence-corrected chi connectivity index (χ0v) is 22.6. The van der Waals surface area contributed by atoms with Gasteiger partial charge in [-0.15, -0.1) is 0 Å². The summed E-state index contributed by atoms with van der Waals surface area (Å²) in [5, 5.41) is 10.3. The minimum Gasteiger partial charge on any atom is -0.434 e. The van der Waals surface area contributed by atoms with E-state index in [1.165, 1.54) is 17.8 Å². The quantitative estimate of drug-likeness (QED) is 0.240. The van der Waals surface area contributed by atoms with Gasteiger partial charge in [-0.1, -0.05) is 54.9 Å². The van der Waals surface area contributed by atoms with Crippen LogP contribution in [0, 0.1) is 0 Å². The molecule has 0 bridgehead atoms. The number of carbonyl (C=O) groups is 3. The number of nitrogens with zero attached hydrogens (tertiary/aromatic N) is 3. The number of hydrogen-bond donors (Lipinski definition) is 2. The van der Waals surface area contributed by atoms with Crippen LogP contribution in [0.4, 0.5) is 0 Å². The third kappa shape index (κ3) is 5.37. The van der Waals surface area contributed by atoms with Gasteiger partial charge in [0.25, 0.3) is 17.7 Å². The van der Waals surface area contributed by atoms with Crippen LogP contribution >= 0.6 is 11.6 Å². The number of aromatic nitrogens is 3. The fourth-order valence-electron chi connectivity index (χ4n) is 4.31. The summed E-state index contributed by atoms with van der Waals surface area (Å²) >= 11 is 6.11. The van der Waals surface area contributed by atoms with E-state index < -0.39 is 29.3 Å². The van der Waals surface area contributed by atoms with Crippen molar-refractivity contribution >= 4 is 40.3 Å². The molecular weight excluding hydrogens is 530 g/mol. The van der Waals surface area contributed by atoms with Crippen molar-refractivity contribution in [1.29, 1.82) is 0 Å². The van der Waals surface area contributed by atoms with Gasteiger partial charge < -0.3 is 15.1 Å². The number of ketones is 1. The van der Waals surface area contributed by atoms with Gasteiger partial charge in [-0.05, 0) is 66.9 Å². The first-order chi connectivity index (χ1) is 19.3. The Kier molecular flexibility index (Phi) is 7.48. The normalized spacial score (nSPS) is 13.4. The highest BCUT2D eigenvalue weighted by molar-refractivity contribution is 6.30. The Labute approximate surface area is 235 Å². The SMILES string of the molecule is CC[C@H](NC(=O)[C@@](C)(NC(=O)c1ccc(-c2cccc(Cl)c2)cc1)n1cccn1)C(=O)c1nc2ccccc2o1. The Morgan fingerprint density at radius 1 is 1.00 bits per heavy atom. The molecule has 3 aromatic carbocycles. The standard InChI is InChI=1S/C30H26ClN5O4/c1-3-23(26(37)28-33-24-10-4-5-11-25(24)40-28)34-29(39)30(2,36-17-7-16-32-36)35-27(38)20-14-12-19(13-15-20)21-8-6-9-22(31)18-21/h4-18,23H,3H2,1-2H3,(H,34,39)(H,35,38)/t23-,30-/m0/s1. The molecule has 0 aliphatic carbocycles. The van der Waals surface area contributed by atoms with Crippen LogP contribution in [0.2, 0.25) is 5.02 Å². The highest BCUT2D eigenvalue weighted by atomic mass is 35.5. The lowest BCUT2D eigenvalue weighted by atomic mass is 10.0. The van der Waals surface area contributed by atoms with Crippen molar-refractivity contribution in [3.63, 3.8) is 0 Å². The van der Waals surface area contributed by atoms with E-state index in [1.54, 1.807) is 73.8 Å². The number of benzene rings is 3. The Balaban J connectivity index is 1.36. The third-order valence-electron chi connectivity index (χ3n) is 6.60.